The Bertz CT molecular complexity index is 1540. The van der Waals surface area contributed by atoms with Crippen molar-refractivity contribution in [2.75, 3.05) is 36.8 Å². The van der Waals surface area contributed by atoms with E-state index in [-0.39, 0.29) is 5.82 Å². The lowest BCUT2D eigenvalue weighted by Crippen LogP contribution is -2.46. The molecule has 0 atom stereocenters. The van der Waals surface area contributed by atoms with Gasteiger partial charge in [-0.2, -0.15) is 4.98 Å². The van der Waals surface area contributed by atoms with Gasteiger partial charge in [0.1, 0.15) is 17.5 Å². The molecule has 0 radical (unpaired) electrons. The minimum absolute atomic E-state index is 0.291. The van der Waals surface area contributed by atoms with Gasteiger partial charge in [0.15, 0.2) is 5.65 Å². The number of piperazine rings is 1. The molecule has 1 aliphatic heterocycles. The zero-order valence-electron chi connectivity index (χ0n) is 20.1. The number of rotatable bonds is 5. The SMILES string of the molecule is Nc1c2c(-c3ccc(F)cc3)nc(N3CCN(Cc4ccccc4)CC3)nc2nn1-c1cccc(F)c1. The van der Waals surface area contributed by atoms with Crippen molar-refractivity contribution in [3.63, 3.8) is 0 Å². The van der Waals surface area contributed by atoms with Gasteiger partial charge in [0, 0.05) is 38.3 Å². The highest BCUT2D eigenvalue weighted by Gasteiger charge is 2.24. The third kappa shape index (κ3) is 4.61. The van der Waals surface area contributed by atoms with Crippen LogP contribution >= 0.6 is 0 Å². The Morgan fingerprint density at radius 1 is 0.784 bits per heavy atom. The lowest BCUT2D eigenvalue weighted by molar-refractivity contribution is 0.249. The Balaban J connectivity index is 1.37. The maximum absolute atomic E-state index is 13.9. The van der Waals surface area contributed by atoms with Crippen LogP contribution in [-0.4, -0.2) is 50.8 Å². The summed E-state index contributed by atoms with van der Waals surface area (Å²) in [6.07, 6.45) is 0. The Morgan fingerprint density at radius 2 is 1.54 bits per heavy atom. The molecule has 6 rings (SSSR count). The van der Waals surface area contributed by atoms with Crippen LogP contribution in [-0.2, 0) is 6.54 Å². The normalized spacial score (nSPS) is 14.4. The lowest BCUT2D eigenvalue weighted by Gasteiger charge is -2.34. The fraction of sp³-hybridized carbons (Fsp3) is 0.179. The first kappa shape index (κ1) is 23.1. The standard InChI is InChI=1S/C28H25F2N7/c29-21-11-9-20(10-12-21)25-24-26(31)37(23-8-4-7-22(30)17-23)34-27(24)33-28(32-25)36-15-13-35(14-16-36)18-19-5-2-1-3-6-19/h1-12,17H,13-16,18,31H2. The van der Waals surface area contributed by atoms with E-state index in [2.05, 4.69) is 39.2 Å². The predicted octanol–water partition coefficient (Wildman–Crippen LogP) is 4.67. The molecule has 3 aromatic carbocycles. The number of anilines is 2. The van der Waals surface area contributed by atoms with Gasteiger partial charge in [0.05, 0.1) is 16.8 Å². The van der Waals surface area contributed by atoms with Crippen molar-refractivity contribution >= 4 is 22.8 Å². The summed E-state index contributed by atoms with van der Waals surface area (Å²) in [7, 11) is 0. The van der Waals surface area contributed by atoms with Crippen molar-refractivity contribution in [3.05, 3.63) is 96.1 Å². The van der Waals surface area contributed by atoms with Crippen LogP contribution in [0.4, 0.5) is 20.5 Å². The largest absolute Gasteiger partial charge is 0.383 e. The number of nitrogen functional groups attached to an aromatic ring is 1. The van der Waals surface area contributed by atoms with E-state index in [1.54, 1.807) is 24.3 Å². The minimum atomic E-state index is -0.393. The third-order valence-electron chi connectivity index (χ3n) is 6.63. The quantitative estimate of drug-likeness (QED) is 0.381. The van der Waals surface area contributed by atoms with Gasteiger partial charge in [-0.05, 0) is 48.0 Å². The summed E-state index contributed by atoms with van der Waals surface area (Å²) in [5, 5.41) is 5.16. The van der Waals surface area contributed by atoms with E-state index in [9.17, 15) is 8.78 Å². The van der Waals surface area contributed by atoms with Gasteiger partial charge in [-0.3, -0.25) is 4.90 Å². The summed E-state index contributed by atoms with van der Waals surface area (Å²) < 4.78 is 29.1. The molecule has 5 aromatic rings. The molecule has 186 valence electrons. The molecule has 3 heterocycles. The number of hydrogen-bond donors (Lipinski definition) is 1. The molecular formula is C28H25F2N7. The molecule has 1 aliphatic rings. The van der Waals surface area contributed by atoms with Gasteiger partial charge in [-0.15, -0.1) is 5.10 Å². The van der Waals surface area contributed by atoms with Crippen LogP contribution in [0.1, 0.15) is 5.56 Å². The Kier molecular flexibility index (Phi) is 5.97. The van der Waals surface area contributed by atoms with Crippen LogP contribution in [0.5, 0.6) is 0 Å². The van der Waals surface area contributed by atoms with Gasteiger partial charge in [-0.25, -0.2) is 18.4 Å². The van der Waals surface area contributed by atoms with Crippen LogP contribution in [0.2, 0.25) is 0 Å². The van der Waals surface area contributed by atoms with Crippen LogP contribution in [0.25, 0.3) is 28.0 Å². The first-order chi connectivity index (χ1) is 18.0. The third-order valence-corrected chi connectivity index (χ3v) is 6.63. The molecule has 0 spiro atoms. The average molecular weight is 498 g/mol. The molecule has 37 heavy (non-hydrogen) atoms. The number of aromatic nitrogens is 4. The molecule has 0 bridgehead atoms. The van der Waals surface area contributed by atoms with Crippen LogP contribution < -0.4 is 10.6 Å². The Hall–Kier alpha value is -4.37. The van der Waals surface area contributed by atoms with Gasteiger partial charge in [-0.1, -0.05) is 36.4 Å². The highest BCUT2D eigenvalue weighted by Crippen LogP contribution is 2.34. The van der Waals surface area contributed by atoms with E-state index < -0.39 is 5.82 Å². The topological polar surface area (TPSA) is 76.1 Å². The molecule has 0 amide bonds. The van der Waals surface area contributed by atoms with Gasteiger partial charge < -0.3 is 10.6 Å². The fourth-order valence-corrected chi connectivity index (χ4v) is 4.71. The fourth-order valence-electron chi connectivity index (χ4n) is 4.71. The predicted molar refractivity (Wildman–Crippen MR) is 140 cm³/mol. The first-order valence-corrected chi connectivity index (χ1v) is 12.1. The van der Waals surface area contributed by atoms with Gasteiger partial charge in [0.25, 0.3) is 0 Å². The van der Waals surface area contributed by atoms with Crippen molar-refractivity contribution in [1.29, 1.82) is 0 Å². The minimum Gasteiger partial charge on any atom is -0.383 e. The van der Waals surface area contributed by atoms with E-state index in [1.165, 1.54) is 34.5 Å². The van der Waals surface area contributed by atoms with Gasteiger partial charge >= 0.3 is 0 Å². The molecule has 7 nitrogen and oxygen atoms in total. The van der Waals surface area contributed by atoms with Crippen molar-refractivity contribution in [2.45, 2.75) is 6.54 Å². The molecule has 1 fully saturated rings. The Labute approximate surface area is 212 Å². The van der Waals surface area contributed by atoms with Crippen molar-refractivity contribution in [2.24, 2.45) is 0 Å². The summed E-state index contributed by atoms with van der Waals surface area (Å²) in [5.74, 6) is 0.0943. The average Bonchev–Trinajstić information content (AvgIpc) is 3.26. The first-order valence-electron chi connectivity index (χ1n) is 12.1. The molecule has 9 heteroatoms. The molecule has 0 unspecified atom stereocenters. The molecule has 0 aliphatic carbocycles. The lowest BCUT2D eigenvalue weighted by atomic mass is 10.1. The number of nitrogens with two attached hydrogens (primary N) is 1. The van der Waals surface area contributed by atoms with Crippen molar-refractivity contribution in [1.82, 2.24) is 24.6 Å². The maximum atomic E-state index is 13.9. The van der Waals surface area contributed by atoms with Gasteiger partial charge in [0.2, 0.25) is 5.95 Å². The summed E-state index contributed by atoms with van der Waals surface area (Å²) >= 11 is 0. The zero-order valence-corrected chi connectivity index (χ0v) is 20.1. The molecule has 2 aromatic heterocycles. The summed E-state index contributed by atoms with van der Waals surface area (Å²) in [6, 6.07) is 22.6. The summed E-state index contributed by atoms with van der Waals surface area (Å²) in [4.78, 5) is 14.2. The Morgan fingerprint density at radius 3 is 2.27 bits per heavy atom. The second kappa shape index (κ2) is 9.59. The number of hydrogen-bond acceptors (Lipinski definition) is 6. The second-order valence-corrected chi connectivity index (χ2v) is 9.10. The van der Waals surface area contributed by atoms with E-state index in [0.29, 0.717) is 39.7 Å². The number of fused-ring (bicyclic) bond motifs is 1. The smallest absolute Gasteiger partial charge is 0.228 e. The summed E-state index contributed by atoms with van der Waals surface area (Å²) in [6.45, 7) is 4.12. The van der Waals surface area contributed by atoms with E-state index in [1.807, 2.05) is 6.07 Å². The molecule has 2 N–H and O–H groups in total. The molecular weight excluding hydrogens is 472 g/mol. The highest BCUT2D eigenvalue weighted by atomic mass is 19.1. The monoisotopic (exact) mass is 497 g/mol. The zero-order chi connectivity index (χ0) is 25.4. The van der Waals surface area contributed by atoms with E-state index in [4.69, 9.17) is 15.7 Å². The van der Waals surface area contributed by atoms with E-state index >= 15 is 0 Å². The number of benzene rings is 3. The van der Waals surface area contributed by atoms with E-state index in [0.717, 1.165) is 32.7 Å². The van der Waals surface area contributed by atoms with Crippen LogP contribution in [0, 0.1) is 11.6 Å². The molecule has 1 saturated heterocycles. The second-order valence-electron chi connectivity index (χ2n) is 9.10. The van der Waals surface area contributed by atoms with Crippen LogP contribution in [0.15, 0.2) is 78.9 Å². The number of nitrogens with zero attached hydrogens (tertiary/aromatic N) is 6. The maximum Gasteiger partial charge on any atom is 0.228 e. The van der Waals surface area contributed by atoms with Crippen molar-refractivity contribution in [3.8, 4) is 16.9 Å². The highest BCUT2D eigenvalue weighted by molar-refractivity contribution is 5.99. The summed E-state index contributed by atoms with van der Waals surface area (Å²) in [5.41, 5.74) is 9.94. The van der Waals surface area contributed by atoms with Crippen molar-refractivity contribution < 1.29 is 8.78 Å². The number of halogens is 2. The molecule has 0 saturated carbocycles. The van der Waals surface area contributed by atoms with Crippen LogP contribution in [0.3, 0.4) is 0 Å².